The first kappa shape index (κ1) is 23.0. The summed E-state index contributed by atoms with van der Waals surface area (Å²) in [6, 6.07) is 10.0. The Balaban J connectivity index is 2.02. The first-order valence-electron chi connectivity index (χ1n) is 11.0. The van der Waals surface area contributed by atoms with Gasteiger partial charge in [-0.2, -0.15) is 0 Å². The zero-order valence-electron chi connectivity index (χ0n) is 19.1. The van der Waals surface area contributed by atoms with Crippen molar-refractivity contribution in [3.05, 3.63) is 48.0 Å². The van der Waals surface area contributed by atoms with E-state index < -0.39 is 20.0 Å². The largest absolute Gasteiger partial charge is 0.439 e. The second-order valence-corrected chi connectivity index (χ2v) is 15.1. The summed E-state index contributed by atoms with van der Waals surface area (Å²) in [5.74, 6) is 0.269. The highest BCUT2D eigenvalue weighted by molar-refractivity contribution is 6.74. The highest BCUT2D eigenvalue weighted by atomic mass is 28.4. The van der Waals surface area contributed by atoms with Crippen molar-refractivity contribution in [2.24, 2.45) is 5.92 Å². The fourth-order valence-corrected chi connectivity index (χ4v) is 5.23. The van der Waals surface area contributed by atoms with Gasteiger partial charge in [0.2, 0.25) is 0 Å². The van der Waals surface area contributed by atoms with Gasteiger partial charge in [0.15, 0.2) is 14.4 Å². The number of aliphatic hydroxyl groups is 1. The molecule has 30 heavy (non-hydrogen) atoms. The Kier molecular flexibility index (Phi) is 6.51. The number of carbonyl (C=O) groups excluding carboxylic acids is 1. The number of aliphatic hydroxyl groups excluding tert-OH is 1. The zero-order valence-corrected chi connectivity index (χ0v) is 20.1. The van der Waals surface area contributed by atoms with Crippen LogP contribution in [0.4, 0.5) is 4.79 Å². The van der Waals surface area contributed by atoms with Crippen molar-refractivity contribution in [3.8, 4) is 0 Å². The van der Waals surface area contributed by atoms with Gasteiger partial charge in [-0.25, -0.2) is 4.79 Å². The van der Waals surface area contributed by atoms with Gasteiger partial charge in [0.1, 0.15) is 5.54 Å². The Morgan fingerprint density at radius 3 is 2.43 bits per heavy atom. The van der Waals surface area contributed by atoms with E-state index in [1.165, 1.54) is 0 Å². The third kappa shape index (κ3) is 4.10. The van der Waals surface area contributed by atoms with Crippen molar-refractivity contribution < 1.29 is 19.1 Å². The first-order chi connectivity index (χ1) is 14.0. The van der Waals surface area contributed by atoms with Crippen LogP contribution in [0.15, 0.2) is 42.5 Å². The molecule has 0 radical (unpaired) electrons. The normalized spacial score (nSPS) is 25.2. The quantitative estimate of drug-likeness (QED) is 0.459. The monoisotopic (exact) mass is 431 g/mol. The molecule has 1 amide bonds. The molecule has 1 saturated carbocycles. The van der Waals surface area contributed by atoms with E-state index in [2.05, 4.69) is 40.4 Å². The van der Waals surface area contributed by atoms with Crippen LogP contribution in [0.5, 0.6) is 0 Å². The Hall–Kier alpha value is -1.63. The molecular formula is C24H37NO4Si. The number of nitrogens with zero attached hydrogens (tertiary/aromatic N) is 1. The summed E-state index contributed by atoms with van der Waals surface area (Å²) < 4.78 is 12.6. The van der Waals surface area contributed by atoms with Crippen molar-refractivity contribution in [3.63, 3.8) is 0 Å². The molecule has 1 aliphatic carbocycles. The van der Waals surface area contributed by atoms with Gasteiger partial charge in [0.25, 0.3) is 0 Å². The molecular weight excluding hydrogens is 394 g/mol. The molecule has 1 N–H and O–H groups in total. The summed E-state index contributed by atoms with van der Waals surface area (Å²) >= 11 is 0. The molecule has 0 spiro atoms. The summed E-state index contributed by atoms with van der Waals surface area (Å²) in [7, 11) is -2.06. The second kappa shape index (κ2) is 8.48. The molecule has 5 nitrogen and oxygen atoms in total. The molecule has 166 valence electrons. The van der Waals surface area contributed by atoms with E-state index in [0.717, 1.165) is 24.8 Å². The lowest BCUT2D eigenvalue weighted by Gasteiger charge is -2.50. The minimum Gasteiger partial charge on any atom is -0.439 e. The average molecular weight is 432 g/mol. The van der Waals surface area contributed by atoms with Crippen LogP contribution in [-0.2, 0) is 15.7 Å². The van der Waals surface area contributed by atoms with Crippen molar-refractivity contribution in [2.45, 2.75) is 76.4 Å². The minimum absolute atomic E-state index is 0.0605. The van der Waals surface area contributed by atoms with E-state index in [-0.39, 0.29) is 23.7 Å². The number of ether oxygens (including phenoxy) is 1. The first-order valence-corrected chi connectivity index (χ1v) is 13.9. The van der Waals surface area contributed by atoms with Crippen LogP contribution in [-0.4, -0.2) is 49.3 Å². The Morgan fingerprint density at radius 1 is 1.30 bits per heavy atom. The van der Waals surface area contributed by atoms with Gasteiger partial charge in [0, 0.05) is 6.54 Å². The molecule has 2 atom stereocenters. The van der Waals surface area contributed by atoms with Crippen LogP contribution >= 0.6 is 0 Å². The molecule has 6 heteroatoms. The SMILES string of the molecule is C=C(CO)[C@H]1OC(=O)N(Cc2ccccc2)[C@@]1(CO[Si](C)(C)C(C)(C)C)C1CCC1. The van der Waals surface area contributed by atoms with Crippen molar-refractivity contribution in [1.29, 1.82) is 0 Å². The van der Waals surface area contributed by atoms with Crippen LogP contribution < -0.4 is 0 Å². The van der Waals surface area contributed by atoms with Gasteiger partial charge in [-0.1, -0.05) is 64.1 Å². The highest BCUT2D eigenvalue weighted by Gasteiger charge is 2.61. The Bertz CT molecular complexity index is 769. The molecule has 1 saturated heterocycles. The summed E-state index contributed by atoms with van der Waals surface area (Å²) in [5.41, 5.74) is 0.964. The Morgan fingerprint density at radius 2 is 1.93 bits per heavy atom. The predicted octanol–water partition coefficient (Wildman–Crippen LogP) is 5.12. The maximum atomic E-state index is 13.1. The van der Waals surface area contributed by atoms with Crippen LogP contribution in [0.1, 0.15) is 45.6 Å². The number of rotatable bonds is 8. The molecule has 1 heterocycles. The maximum absolute atomic E-state index is 13.1. The highest BCUT2D eigenvalue weighted by Crippen LogP contribution is 2.50. The second-order valence-electron chi connectivity index (χ2n) is 10.3. The average Bonchev–Trinajstić information content (AvgIpc) is 2.91. The van der Waals surface area contributed by atoms with Gasteiger partial charge >= 0.3 is 6.09 Å². The number of hydrogen-bond donors (Lipinski definition) is 1. The van der Waals surface area contributed by atoms with Gasteiger partial charge in [0.05, 0.1) is 13.2 Å². The fourth-order valence-electron chi connectivity index (χ4n) is 4.20. The third-order valence-electron chi connectivity index (χ3n) is 7.44. The number of carbonyl (C=O) groups is 1. The van der Waals surface area contributed by atoms with Crippen LogP contribution in [0.25, 0.3) is 0 Å². The molecule has 0 bridgehead atoms. The summed E-state index contributed by atoms with van der Waals surface area (Å²) in [6.45, 7) is 15.9. The van der Waals surface area contributed by atoms with E-state index in [0.29, 0.717) is 18.7 Å². The lowest BCUT2D eigenvalue weighted by molar-refractivity contribution is -0.0246. The van der Waals surface area contributed by atoms with Gasteiger partial charge in [-0.15, -0.1) is 0 Å². The molecule has 1 aliphatic heterocycles. The molecule has 1 aromatic carbocycles. The number of cyclic esters (lactones) is 1. The van der Waals surface area contributed by atoms with Crippen molar-refractivity contribution in [1.82, 2.24) is 4.90 Å². The third-order valence-corrected chi connectivity index (χ3v) is 11.9. The van der Waals surface area contributed by atoms with Gasteiger partial charge in [-0.05, 0) is 48.0 Å². The van der Waals surface area contributed by atoms with E-state index >= 15 is 0 Å². The summed E-state index contributed by atoms with van der Waals surface area (Å²) in [4.78, 5) is 15.0. The van der Waals surface area contributed by atoms with Crippen LogP contribution in [0.2, 0.25) is 18.1 Å². The summed E-state index contributed by atoms with van der Waals surface area (Å²) in [6.07, 6.45) is 2.28. The number of benzene rings is 1. The standard InChI is InChI=1S/C24H37NO4Si/c1-18(16-26)21-24(20-13-10-14-20,17-28-30(5,6)23(2,3)4)25(22(27)29-21)15-19-11-8-7-9-12-19/h7-9,11-12,20-21,26H,1,10,13-17H2,2-6H3/t21-,24+/m1/s1. The van der Waals surface area contributed by atoms with Gasteiger partial charge in [-0.3, -0.25) is 4.90 Å². The maximum Gasteiger partial charge on any atom is 0.411 e. The van der Waals surface area contributed by atoms with E-state index in [9.17, 15) is 9.90 Å². The van der Waals surface area contributed by atoms with Crippen LogP contribution in [0, 0.1) is 5.92 Å². The number of amides is 1. The summed E-state index contributed by atoms with van der Waals surface area (Å²) in [5, 5.41) is 9.94. The lowest BCUT2D eigenvalue weighted by atomic mass is 9.66. The minimum atomic E-state index is -2.06. The van der Waals surface area contributed by atoms with Crippen molar-refractivity contribution in [2.75, 3.05) is 13.2 Å². The predicted molar refractivity (Wildman–Crippen MR) is 122 cm³/mol. The van der Waals surface area contributed by atoms with E-state index in [1.807, 2.05) is 35.2 Å². The number of hydrogen-bond acceptors (Lipinski definition) is 4. The Labute approximate surface area is 182 Å². The molecule has 2 aliphatic rings. The molecule has 2 fully saturated rings. The smallest absolute Gasteiger partial charge is 0.411 e. The van der Waals surface area contributed by atoms with Gasteiger partial charge < -0.3 is 14.3 Å². The molecule has 3 rings (SSSR count). The zero-order chi connectivity index (χ0) is 22.2. The topological polar surface area (TPSA) is 59.0 Å². The molecule has 0 aromatic heterocycles. The van der Waals surface area contributed by atoms with Crippen molar-refractivity contribution >= 4 is 14.4 Å². The molecule has 1 aromatic rings. The van der Waals surface area contributed by atoms with Crippen LogP contribution in [0.3, 0.4) is 0 Å². The van der Waals surface area contributed by atoms with E-state index in [1.54, 1.807) is 0 Å². The molecule has 0 unspecified atom stereocenters. The van der Waals surface area contributed by atoms with E-state index in [4.69, 9.17) is 9.16 Å². The lowest BCUT2D eigenvalue weighted by Crippen LogP contribution is -2.63. The fraction of sp³-hybridized carbons (Fsp3) is 0.625.